The highest BCUT2D eigenvalue weighted by Crippen LogP contribution is 2.47. The maximum absolute atomic E-state index is 14.2. The van der Waals surface area contributed by atoms with Gasteiger partial charge in [0, 0.05) is 63.6 Å². The van der Waals surface area contributed by atoms with E-state index in [1.165, 1.54) is 33.4 Å². The molecule has 0 radical (unpaired) electrons. The van der Waals surface area contributed by atoms with E-state index in [0.717, 1.165) is 0 Å². The van der Waals surface area contributed by atoms with Crippen LogP contribution in [0, 0.1) is 5.92 Å². The number of aromatic nitrogens is 3. The fraction of sp³-hybridized carbons (Fsp3) is 0.625. The smallest absolute Gasteiger partial charge is 0.264 e. The number of halogens is 5. The number of nitrogens with zero attached hydrogens (tertiary/aromatic N) is 5. The topological polar surface area (TPSA) is 88.4 Å². The Labute approximate surface area is 232 Å². The molecule has 1 saturated carbocycles. The van der Waals surface area contributed by atoms with Crippen LogP contribution in [0.4, 0.5) is 13.2 Å². The molecule has 14 heteroatoms. The van der Waals surface area contributed by atoms with Crippen LogP contribution in [0.2, 0.25) is 5.02 Å². The molecule has 2 aromatic rings. The lowest BCUT2D eigenvalue weighted by Crippen LogP contribution is -2.62. The summed E-state index contributed by atoms with van der Waals surface area (Å²) in [7, 11) is -2.24. The monoisotopic (exact) mass is 597 g/mol. The number of sulfonamides is 1. The van der Waals surface area contributed by atoms with Gasteiger partial charge in [-0.15, -0.1) is 17.5 Å². The van der Waals surface area contributed by atoms with Gasteiger partial charge >= 0.3 is 0 Å². The lowest BCUT2D eigenvalue weighted by Gasteiger charge is -2.53. The normalized spacial score (nSPS) is 21.0. The fourth-order valence-corrected chi connectivity index (χ4v) is 7.21. The van der Waals surface area contributed by atoms with Gasteiger partial charge in [0.05, 0.1) is 11.2 Å². The second kappa shape index (κ2) is 11.8. The largest absolute Gasteiger partial charge is 0.295 e. The Morgan fingerprint density at radius 1 is 1.13 bits per heavy atom. The maximum Gasteiger partial charge on any atom is 0.264 e. The molecule has 212 valence electrons. The van der Waals surface area contributed by atoms with Crippen LogP contribution in [0.1, 0.15) is 54.9 Å². The summed E-state index contributed by atoms with van der Waals surface area (Å²) < 4.78 is 70.0. The Kier molecular flexibility index (Phi) is 9.56. The molecular weight excluding hydrogens is 566 g/mol. The molecule has 1 aromatic heterocycles. The second-order valence-electron chi connectivity index (χ2n) is 10.1. The molecule has 0 N–H and O–H groups in total. The minimum atomic E-state index is -3.82. The van der Waals surface area contributed by atoms with Gasteiger partial charge < -0.3 is 0 Å². The van der Waals surface area contributed by atoms with Crippen LogP contribution in [0.5, 0.6) is 0 Å². The third-order valence-electron chi connectivity index (χ3n) is 7.80. The molecule has 2 aliphatic rings. The number of alkyl halides is 3. The number of Topliss-reactive ketones (excluding diaryl/α,β-unsaturated/α-hetero) is 1. The summed E-state index contributed by atoms with van der Waals surface area (Å²) >= 11 is 6.23. The first-order chi connectivity index (χ1) is 17.4. The van der Waals surface area contributed by atoms with Crippen LogP contribution in [0.25, 0.3) is 0 Å². The highest BCUT2D eigenvalue weighted by molar-refractivity contribution is 7.89. The van der Waals surface area contributed by atoms with Crippen LogP contribution < -0.4 is 0 Å². The standard InChI is InChI=1S/C24H31ClF3N5O3S.ClH/c1-17(13-21(34)19-4-3-18(15-26)14-20(19)25)23(5-7-24(27,28)8-6-23)32-9-11-33(12-10-32)37(35,36)22-16-31(2)30-29-22;/h3-4,14,16-17H,5-13,15H2,1-2H3;1H. The van der Waals surface area contributed by atoms with Gasteiger partial charge in [-0.2, -0.15) is 4.31 Å². The average Bonchev–Trinajstić information content (AvgIpc) is 3.31. The quantitative estimate of drug-likeness (QED) is 0.416. The van der Waals surface area contributed by atoms with E-state index in [4.69, 9.17) is 11.6 Å². The van der Waals surface area contributed by atoms with Gasteiger partial charge in [0.25, 0.3) is 10.0 Å². The number of carbonyl (C=O) groups excluding carboxylic acids is 1. The van der Waals surface area contributed by atoms with Crippen molar-refractivity contribution < 1.29 is 26.4 Å². The Morgan fingerprint density at radius 3 is 2.29 bits per heavy atom. The fourth-order valence-electron chi connectivity index (χ4n) is 5.57. The van der Waals surface area contributed by atoms with E-state index in [9.17, 15) is 26.4 Å². The Bertz CT molecular complexity index is 1240. The minimum Gasteiger partial charge on any atom is -0.295 e. The highest BCUT2D eigenvalue weighted by atomic mass is 35.5. The van der Waals surface area contributed by atoms with Crippen molar-refractivity contribution in [1.82, 2.24) is 24.2 Å². The van der Waals surface area contributed by atoms with Crippen molar-refractivity contribution in [3.05, 3.63) is 40.5 Å². The van der Waals surface area contributed by atoms with E-state index < -0.39 is 28.2 Å². The minimum absolute atomic E-state index is 0. The lowest BCUT2D eigenvalue weighted by atomic mass is 9.69. The van der Waals surface area contributed by atoms with E-state index in [-0.39, 0.29) is 84.9 Å². The Hall–Kier alpha value is -1.73. The summed E-state index contributed by atoms with van der Waals surface area (Å²) in [5.41, 5.74) is -0.0396. The van der Waals surface area contributed by atoms with E-state index in [2.05, 4.69) is 15.2 Å². The Balaban J connectivity index is 0.00000400. The SMILES string of the molecule is CC(CC(=O)c1ccc(CF)cc1Cl)C1(N2CCN(S(=O)(=O)c3cn(C)nn3)CC2)CCC(F)(F)CC1.Cl. The van der Waals surface area contributed by atoms with Crippen molar-refractivity contribution in [2.45, 2.75) is 62.2 Å². The Morgan fingerprint density at radius 2 is 1.76 bits per heavy atom. The molecule has 1 aromatic carbocycles. The van der Waals surface area contributed by atoms with Crippen molar-refractivity contribution in [3.8, 4) is 0 Å². The van der Waals surface area contributed by atoms with Gasteiger partial charge in [0.1, 0.15) is 6.67 Å². The summed E-state index contributed by atoms with van der Waals surface area (Å²) in [5.74, 6) is -3.30. The van der Waals surface area contributed by atoms with Crippen molar-refractivity contribution >= 4 is 39.8 Å². The molecule has 2 fully saturated rings. The summed E-state index contributed by atoms with van der Waals surface area (Å²) in [6.07, 6.45) is 1.22. The predicted molar refractivity (Wildman–Crippen MR) is 139 cm³/mol. The van der Waals surface area contributed by atoms with Gasteiger partial charge in [-0.1, -0.05) is 29.8 Å². The van der Waals surface area contributed by atoms with E-state index in [1.54, 1.807) is 7.05 Å². The first-order valence-corrected chi connectivity index (χ1v) is 14.1. The second-order valence-corrected chi connectivity index (χ2v) is 12.3. The summed E-state index contributed by atoms with van der Waals surface area (Å²) in [5, 5.41) is 7.46. The molecule has 1 aliphatic heterocycles. The summed E-state index contributed by atoms with van der Waals surface area (Å²) in [4.78, 5) is 15.2. The van der Waals surface area contributed by atoms with Crippen LogP contribution in [0.3, 0.4) is 0 Å². The molecule has 1 aliphatic carbocycles. The number of carbonyl (C=O) groups is 1. The van der Waals surface area contributed by atoms with Crippen molar-refractivity contribution in [2.24, 2.45) is 13.0 Å². The number of rotatable bonds is 8. The van der Waals surface area contributed by atoms with Gasteiger partial charge in [0.15, 0.2) is 5.78 Å². The van der Waals surface area contributed by atoms with Crippen LogP contribution >= 0.6 is 24.0 Å². The average molecular weight is 599 g/mol. The first-order valence-electron chi connectivity index (χ1n) is 12.2. The zero-order valence-corrected chi connectivity index (χ0v) is 23.6. The molecule has 0 bridgehead atoms. The van der Waals surface area contributed by atoms with Crippen LogP contribution in [-0.4, -0.2) is 76.0 Å². The van der Waals surface area contributed by atoms with E-state index in [1.807, 2.05) is 6.92 Å². The molecule has 0 amide bonds. The third kappa shape index (κ3) is 6.19. The number of hydrogen-bond donors (Lipinski definition) is 0. The third-order valence-corrected chi connectivity index (χ3v) is 9.87. The van der Waals surface area contributed by atoms with Gasteiger partial charge in [-0.05, 0) is 36.5 Å². The van der Waals surface area contributed by atoms with Crippen LogP contribution in [-0.2, 0) is 23.7 Å². The van der Waals surface area contributed by atoms with Crippen molar-refractivity contribution in [1.29, 1.82) is 0 Å². The van der Waals surface area contributed by atoms with Crippen molar-refractivity contribution in [3.63, 3.8) is 0 Å². The molecular formula is C24H32Cl2F3N5O3S. The number of benzene rings is 1. The summed E-state index contributed by atoms with van der Waals surface area (Å²) in [6, 6.07) is 4.44. The molecule has 4 rings (SSSR count). The molecule has 2 heterocycles. The molecule has 1 unspecified atom stereocenters. The maximum atomic E-state index is 14.2. The lowest BCUT2D eigenvalue weighted by molar-refractivity contribution is -0.103. The van der Waals surface area contributed by atoms with Gasteiger partial charge in [-0.25, -0.2) is 21.6 Å². The molecule has 0 spiro atoms. The summed E-state index contributed by atoms with van der Waals surface area (Å²) in [6.45, 7) is 2.22. The van der Waals surface area contributed by atoms with Gasteiger partial charge in [-0.3, -0.25) is 14.4 Å². The van der Waals surface area contributed by atoms with Crippen molar-refractivity contribution in [2.75, 3.05) is 26.2 Å². The van der Waals surface area contributed by atoms with E-state index in [0.29, 0.717) is 18.7 Å². The number of aryl methyl sites for hydroxylation is 1. The highest BCUT2D eigenvalue weighted by Gasteiger charge is 2.50. The number of ketones is 1. The van der Waals surface area contributed by atoms with E-state index >= 15 is 0 Å². The number of hydrogen-bond acceptors (Lipinski definition) is 6. The van der Waals surface area contributed by atoms with Crippen LogP contribution in [0.15, 0.2) is 29.4 Å². The molecule has 38 heavy (non-hydrogen) atoms. The molecule has 8 nitrogen and oxygen atoms in total. The zero-order valence-electron chi connectivity index (χ0n) is 21.2. The zero-order chi connectivity index (χ0) is 27.0. The molecule has 1 saturated heterocycles. The number of piperazine rings is 1. The predicted octanol–water partition coefficient (Wildman–Crippen LogP) is 4.52. The molecule has 1 atom stereocenters. The first kappa shape index (κ1) is 30.8. The van der Waals surface area contributed by atoms with Gasteiger partial charge in [0.2, 0.25) is 10.9 Å².